The van der Waals surface area contributed by atoms with Gasteiger partial charge in [0, 0.05) is 0 Å². The minimum atomic E-state index is -0.429. The van der Waals surface area contributed by atoms with Crippen LogP contribution in [0.1, 0.15) is 23.1 Å². The number of aryl methyl sites for hydroxylation is 1. The zero-order valence-corrected chi connectivity index (χ0v) is 12.8. The molecule has 0 heterocycles. The van der Waals surface area contributed by atoms with E-state index in [-0.39, 0.29) is 6.42 Å². The average Bonchev–Trinajstić information content (AvgIpc) is 2.56. The van der Waals surface area contributed by atoms with Crippen LogP contribution >= 0.6 is 0 Å². The van der Waals surface area contributed by atoms with E-state index >= 15 is 0 Å². The summed E-state index contributed by atoms with van der Waals surface area (Å²) < 4.78 is 5.71. The number of carbonyl (C=O) groups is 1. The van der Waals surface area contributed by atoms with Crippen LogP contribution in [-0.2, 0) is 11.4 Å². The fraction of sp³-hybridized carbons (Fsp3) is 0.167. The first-order valence-corrected chi connectivity index (χ1v) is 7.14. The Bertz CT molecular complexity index is 713. The number of rotatable bonds is 6. The second kappa shape index (κ2) is 8.35. The summed E-state index contributed by atoms with van der Waals surface area (Å²) in [5.74, 6) is 0.332. The molecular weight excluding hydrogens is 290 g/mol. The third-order valence-electron chi connectivity index (χ3n) is 3.05. The van der Waals surface area contributed by atoms with Crippen molar-refractivity contribution in [3.05, 3.63) is 65.2 Å². The molecule has 0 saturated heterocycles. The van der Waals surface area contributed by atoms with Crippen molar-refractivity contribution in [2.45, 2.75) is 20.0 Å². The lowest BCUT2D eigenvalue weighted by Crippen LogP contribution is -2.16. The molecular formula is C18H17N3O2. The minimum absolute atomic E-state index is 0.205. The van der Waals surface area contributed by atoms with Gasteiger partial charge in [-0.25, -0.2) is 5.43 Å². The van der Waals surface area contributed by atoms with Gasteiger partial charge in [-0.05, 0) is 42.3 Å². The van der Waals surface area contributed by atoms with E-state index < -0.39 is 5.91 Å². The summed E-state index contributed by atoms with van der Waals surface area (Å²) in [4.78, 5) is 11.1. The summed E-state index contributed by atoms with van der Waals surface area (Å²) in [6.07, 6.45) is 1.31. The van der Waals surface area contributed by atoms with Gasteiger partial charge in [0.1, 0.15) is 18.8 Å². The first-order chi connectivity index (χ1) is 11.2. The number of amides is 1. The molecule has 0 fully saturated rings. The lowest BCUT2D eigenvalue weighted by Gasteiger charge is -2.06. The standard InChI is InChI=1S/C18H17N3O2/c1-14-2-4-16(5-3-14)13-23-17-8-6-15(7-9-17)12-20-21-18(22)10-11-19/h2-9,12H,10,13H2,1H3,(H,21,22)/b20-12+. The molecule has 2 rings (SSSR count). The molecule has 2 aromatic carbocycles. The molecule has 2 aromatic rings. The maximum atomic E-state index is 11.1. The van der Waals surface area contributed by atoms with Crippen LogP contribution in [0.15, 0.2) is 53.6 Å². The van der Waals surface area contributed by atoms with Crippen LogP contribution in [0.25, 0.3) is 0 Å². The highest BCUT2D eigenvalue weighted by atomic mass is 16.5. The monoisotopic (exact) mass is 307 g/mol. The summed E-state index contributed by atoms with van der Waals surface area (Å²) >= 11 is 0. The molecule has 5 nitrogen and oxygen atoms in total. The molecule has 1 amide bonds. The molecule has 0 spiro atoms. The van der Waals surface area contributed by atoms with Crippen LogP contribution < -0.4 is 10.2 Å². The maximum absolute atomic E-state index is 11.1. The van der Waals surface area contributed by atoms with Crippen LogP contribution in [0.3, 0.4) is 0 Å². The molecule has 0 atom stereocenters. The molecule has 0 aromatic heterocycles. The van der Waals surface area contributed by atoms with Gasteiger partial charge in [-0.15, -0.1) is 0 Å². The molecule has 0 radical (unpaired) electrons. The van der Waals surface area contributed by atoms with Gasteiger partial charge in [0.2, 0.25) is 0 Å². The van der Waals surface area contributed by atoms with Crippen molar-refractivity contribution < 1.29 is 9.53 Å². The number of hydrazone groups is 1. The SMILES string of the molecule is Cc1ccc(COc2ccc(/C=N/NC(=O)CC#N)cc2)cc1. The van der Waals surface area contributed by atoms with Crippen LogP contribution in [-0.4, -0.2) is 12.1 Å². The Labute approximate surface area is 135 Å². The molecule has 23 heavy (non-hydrogen) atoms. The van der Waals surface area contributed by atoms with Crippen molar-refractivity contribution >= 4 is 12.1 Å². The van der Waals surface area contributed by atoms with E-state index in [1.165, 1.54) is 11.8 Å². The summed E-state index contributed by atoms with van der Waals surface area (Å²) in [5.41, 5.74) is 5.43. The second-order valence-electron chi connectivity index (χ2n) is 4.97. The van der Waals surface area contributed by atoms with E-state index in [1.807, 2.05) is 43.3 Å². The third kappa shape index (κ3) is 5.64. The topological polar surface area (TPSA) is 74.5 Å². The van der Waals surface area contributed by atoms with E-state index in [9.17, 15) is 4.79 Å². The molecule has 0 unspecified atom stereocenters. The van der Waals surface area contributed by atoms with Gasteiger partial charge in [0.05, 0.1) is 12.3 Å². The van der Waals surface area contributed by atoms with Gasteiger partial charge >= 0.3 is 0 Å². The number of ether oxygens (including phenoxy) is 1. The highest BCUT2D eigenvalue weighted by Crippen LogP contribution is 2.13. The Morgan fingerprint density at radius 1 is 1.22 bits per heavy atom. The Morgan fingerprint density at radius 2 is 1.91 bits per heavy atom. The van der Waals surface area contributed by atoms with Gasteiger partial charge in [-0.3, -0.25) is 4.79 Å². The lowest BCUT2D eigenvalue weighted by molar-refractivity contribution is -0.120. The Hall–Kier alpha value is -3.13. The van der Waals surface area contributed by atoms with Crippen LogP contribution in [0.5, 0.6) is 5.75 Å². The largest absolute Gasteiger partial charge is 0.489 e. The fourth-order valence-electron chi connectivity index (χ4n) is 1.79. The average molecular weight is 307 g/mol. The van der Waals surface area contributed by atoms with Gasteiger partial charge in [-0.1, -0.05) is 29.8 Å². The van der Waals surface area contributed by atoms with Crippen molar-refractivity contribution in [2.75, 3.05) is 0 Å². The molecule has 0 saturated carbocycles. The first-order valence-electron chi connectivity index (χ1n) is 7.14. The molecule has 0 bridgehead atoms. The highest BCUT2D eigenvalue weighted by Gasteiger charge is 1.98. The van der Waals surface area contributed by atoms with Crippen LogP contribution in [0, 0.1) is 18.3 Å². The highest BCUT2D eigenvalue weighted by molar-refractivity contribution is 5.83. The molecule has 1 N–H and O–H groups in total. The quantitative estimate of drug-likeness (QED) is 0.658. The van der Waals surface area contributed by atoms with Gasteiger partial charge in [0.25, 0.3) is 5.91 Å². The fourth-order valence-corrected chi connectivity index (χ4v) is 1.79. The predicted octanol–water partition coefficient (Wildman–Crippen LogP) is 2.94. The Morgan fingerprint density at radius 3 is 2.57 bits per heavy atom. The second-order valence-corrected chi connectivity index (χ2v) is 4.97. The predicted molar refractivity (Wildman–Crippen MR) is 87.9 cm³/mol. The zero-order chi connectivity index (χ0) is 16.5. The smallest absolute Gasteiger partial charge is 0.254 e. The van der Waals surface area contributed by atoms with E-state index in [4.69, 9.17) is 10.00 Å². The summed E-state index contributed by atoms with van der Waals surface area (Å²) in [5, 5.41) is 12.1. The van der Waals surface area contributed by atoms with Crippen LogP contribution in [0.2, 0.25) is 0 Å². The number of nitrogens with zero attached hydrogens (tertiary/aromatic N) is 2. The van der Waals surface area contributed by atoms with E-state index in [0.717, 1.165) is 16.9 Å². The molecule has 0 aliphatic carbocycles. The summed E-state index contributed by atoms with van der Waals surface area (Å²) in [6.45, 7) is 2.56. The normalized spacial score (nSPS) is 10.3. The third-order valence-corrected chi connectivity index (χ3v) is 3.05. The summed E-state index contributed by atoms with van der Waals surface area (Å²) in [6, 6.07) is 17.3. The van der Waals surface area contributed by atoms with Gasteiger partial charge in [-0.2, -0.15) is 10.4 Å². The number of nitriles is 1. The van der Waals surface area contributed by atoms with Crippen molar-refractivity contribution in [1.29, 1.82) is 5.26 Å². The van der Waals surface area contributed by atoms with Crippen molar-refractivity contribution in [3.63, 3.8) is 0 Å². The van der Waals surface area contributed by atoms with Gasteiger partial charge < -0.3 is 4.74 Å². The van der Waals surface area contributed by atoms with Crippen LogP contribution in [0.4, 0.5) is 0 Å². The van der Waals surface area contributed by atoms with E-state index in [1.54, 1.807) is 6.07 Å². The van der Waals surface area contributed by atoms with E-state index in [0.29, 0.717) is 6.61 Å². The van der Waals surface area contributed by atoms with E-state index in [2.05, 4.69) is 22.7 Å². The molecule has 5 heteroatoms. The number of benzene rings is 2. The minimum Gasteiger partial charge on any atom is -0.489 e. The zero-order valence-electron chi connectivity index (χ0n) is 12.8. The number of hydrogen-bond donors (Lipinski definition) is 1. The maximum Gasteiger partial charge on any atom is 0.254 e. The van der Waals surface area contributed by atoms with Crippen molar-refractivity contribution in [2.24, 2.45) is 5.10 Å². The van der Waals surface area contributed by atoms with Crippen molar-refractivity contribution in [3.8, 4) is 11.8 Å². The van der Waals surface area contributed by atoms with Gasteiger partial charge in [0.15, 0.2) is 0 Å². The molecule has 0 aliphatic heterocycles. The summed E-state index contributed by atoms with van der Waals surface area (Å²) in [7, 11) is 0. The Kier molecular flexibility index (Phi) is 5.89. The molecule has 0 aliphatic rings. The number of nitrogens with one attached hydrogen (secondary N) is 1. The van der Waals surface area contributed by atoms with Crippen molar-refractivity contribution in [1.82, 2.24) is 5.43 Å². The lowest BCUT2D eigenvalue weighted by atomic mass is 10.2. The number of carbonyl (C=O) groups excluding carboxylic acids is 1. The Balaban J connectivity index is 1.84. The molecule has 116 valence electrons. The first kappa shape index (κ1) is 16.2. The number of hydrogen-bond acceptors (Lipinski definition) is 4.